The molecule has 0 aliphatic rings. The first kappa shape index (κ1) is 20.2. The molecule has 0 aliphatic heterocycles. The van der Waals surface area contributed by atoms with E-state index in [0.717, 1.165) is 23.9 Å². The summed E-state index contributed by atoms with van der Waals surface area (Å²) in [6.45, 7) is 0. The number of ketones is 1. The highest BCUT2D eigenvalue weighted by Crippen LogP contribution is 2.16. The summed E-state index contributed by atoms with van der Waals surface area (Å²) in [6.07, 6.45) is -3.70. The summed E-state index contributed by atoms with van der Waals surface area (Å²) in [5.41, 5.74) is 1.09. The van der Waals surface area contributed by atoms with Crippen LogP contribution < -0.4 is 10.6 Å². The fourth-order valence-corrected chi connectivity index (χ4v) is 2.17. The minimum atomic E-state index is -4.98. The molecule has 1 unspecified atom stereocenters. The molecule has 2 N–H and O–H groups in total. The Morgan fingerprint density at radius 3 is 2.22 bits per heavy atom. The van der Waals surface area contributed by atoms with E-state index < -0.39 is 29.7 Å². The van der Waals surface area contributed by atoms with Crippen molar-refractivity contribution in [1.29, 1.82) is 0 Å². The lowest BCUT2D eigenvalue weighted by Gasteiger charge is -2.17. The Balaban J connectivity index is 2.10. The molecule has 2 aromatic rings. The molecule has 0 saturated carbocycles. The highest BCUT2D eigenvalue weighted by atomic mass is 19.4. The quantitative estimate of drug-likeness (QED) is 0.570. The first-order chi connectivity index (χ1) is 12.8. The molecule has 142 valence electrons. The number of carbonyl (C=O) groups excluding carboxylic acids is 2. The Morgan fingerprint density at radius 2 is 1.63 bits per heavy atom. The van der Waals surface area contributed by atoms with E-state index in [0.29, 0.717) is 11.8 Å². The van der Waals surface area contributed by atoms with Crippen molar-refractivity contribution in [3.63, 3.8) is 0 Å². The van der Waals surface area contributed by atoms with Gasteiger partial charge in [0.1, 0.15) is 11.9 Å². The van der Waals surface area contributed by atoms with Gasteiger partial charge in [-0.25, -0.2) is 4.39 Å². The molecule has 0 heterocycles. The van der Waals surface area contributed by atoms with Crippen molar-refractivity contribution in [1.82, 2.24) is 5.32 Å². The molecule has 0 bridgehead atoms. The number of anilines is 1. The minimum Gasteiger partial charge on any atom is -0.379 e. The fraction of sp³-hybridized carbons (Fsp3) is 0.158. The van der Waals surface area contributed by atoms with E-state index in [1.54, 1.807) is 30.3 Å². The van der Waals surface area contributed by atoms with E-state index in [1.807, 2.05) is 0 Å². The first-order valence-corrected chi connectivity index (χ1v) is 7.90. The number of rotatable bonds is 7. The van der Waals surface area contributed by atoms with Gasteiger partial charge in [-0.05, 0) is 29.8 Å². The van der Waals surface area contributed by atoms with E-state index in [1.165, 1.54) is 12.1 Å². The summed E-state index contributed by atoms with van der Waals surface area (Å²) < 4.78 is 49.7. The van der Waals surface area contributed by atoms with Gasteiger partial charge in [-0.1, -0.05) is 30.3 Å². The average molecular weight is 380 g/mol. The zero-order valence-electron chi connectivity index (χ0n) is 14.0. The molecule has 0 saturated heterocycles. The van der Waals surface area contributed by atoms with Crippen LogP contribution in [0, 0.1) is 5.82 Å². The Bertz CT molecular complexity index is 803. The van der Waals surface area contributed by atoms with Crippen molar-refractivity contribution in [2.45, 2.75) is 18.6 Å². The van der Waals surface area contributed by atoms with Gasteiger partial charge in [-0.15, -0.1) is 0 Å². The average Bonchev–Trinajstić information content (AvgIpc) is 2.62. The van der Waals surface area contributed by atoms with Crippen LogP contribution in [0.15, 0.2) is 66.9 Å². The van der Waals surface area contributed by atoms with Crippen LogP contribution in [0.2, 0.25) is 0 Å². The number of nitrogens with one attached hydrogen (secondary N) is 2. The van der Waals surface area contributed by atoms with E-state index in [2.05, 4.69) is 10.6 Å². The van der Waals surface area contributed by atoms with Gasteiger partial charge in [0.15, 0.2) is 0 Å². The third kappa shape index (κ3) is 6.58. The van der Waals surface area contributed by atoms with Gasteiger partial charge in [-0.3, -0.25) is 9.59 Å². The van der Waals surface area contributed by atoms with Gasteiger partial charge in [-0.2, -0.15) is 13.2 Å². The van der Waals surface area contributed by atoms with Crippen LogP contribution in [0.3, 0.4) is 0 Å². The number of amides is 1. The second-order valence-electron chi connectivity index (χ2n) is 5.60. The topological polar surface area (TPSA) is 58.2 Å². The number of carbonyl (C=O) groups is 2. The highest BCUT2D eigenvalue weighted by Gasteiger charge is 2.36. The monoisotopic (exact) mass is 380 g/mol. The van der Waals surface area contributed by atoms with Crippen molar-refractivity contribution in [2.24, 2.45) is 0 Å². The van der Waals surface area contributed by atoms with Crippen LogP contribution in [0.25, 0.3) is 0 Å². The molecule has 2 aromatic carbocycles. The molecule has 1 atom stereocenters. The smallest absolute Gasteiger partial charge is 0.379 e. The van der Waals surface area contributed by atoms with Gasteiger partial charge in [0.2, 0.25) is 5.91 Å². The van der Waals surface area contributed by atoms with Crippen molar-refractivity contribution in [3.05, 3.63) is 78.3 Å². The normalized spacial score (nSPS) is 12.6. The van der Waals surface area contributed by atoms with Crippen molar-refractivity contribution in [3.8, 4) is 0 Å². The molecule has 0 radical (unpaired) electrons. The summed E-state index contributed by atoms with van der Waals surface area (Å²) in [6, 6.07) is 12.9. The number of benzene rings is 2. The number of hydrogen-bond donors (Lipinski definition) is 2. The fourth-order valence-electron chi connectivity index (χ4n) is 2.17. The maximum absolute atomic E-state index is 13.0. The maximum Gasteiger partial charge on any atom is 0.454 e. The van der Waals surface area contributed by atoms with Gasteiger partial charge in [0, 0.05) is 24.4 Å². The molecule has 4 nitrogen and oxygen atoms in total. The molecule has 0 aromatic heterocycles. The summed E-state index contributed by atoms with van der Waals surface area (Å²) in [7, 11) is 0. The lowest BCUT2D eigenvalue weighted by atomic mass is 10.1. The summed E-state index contributed by atoms with van der Waals surface area (Å²) >= 11 is 0. The Kier molecular flexibility index (Phi) is 6.70. The minimum absolute atomic E-state index is 0.165. The van der Waals surface area contributed by atoms with Gasteiger partial charge >= 0.3 is 6.18 Å². The Hall–Kier alpha value is -3.16. The first-order valence-electron chi connectivity index (χ1n) is 7.90. The highest BCUT2D eigenvalue weighted by molar-refractivity contribution is 5.96. The zero-order valence-corrected chi connectivity index (χ0v) is 14.0. The predicted octanol–water partition coefficient (Wildman–Crippen LogP) is 3.61. The summed E-state index contributed by atoms with van der Waals surface area (Å²) in [5, 5.41) is 5.06. The third-order valence-corrected chi connectivity index (χ3v) is 3.52. The van der Waals surface area contributed by atoms with Crippen LogP contribution in [0.5, 0.6) is 0 Å². The number of allylic oxidation sites excluding steroid dienone is 1. The molecule has 27 heavy (non-hydrogen) atoms. The predicted molar refractivity (Wildman–Crippen MR) is 92.3 cm³/mol. The molecule has 0 aliphatic carbocycles. The number of halogens is 4. The largest absolute Gasteiger partial charge is 0.454 e. The van der Waals surface area contributed by atoms with Gasteiger partial charge in [0.25, 0.3) is 5.78 Å². The Labute approximate surface area is 152 Å². The lowest BCUT2D eigenvalue weighted by Crippen LogP contribution is -2.39. The molecular formula is C19H16F4N2O2. The second kappa shape index (κ2) is 8.98. The van der Waals surface area contributed by atoms with Crippen LogP contribution in [0.1, 0.15) is 5.56 Å². The van der Waals surface area contributed by atoms with Crippen molar-refractivity contribution >= 4 is 17.4 Å². The molecule has 0 spiro atoms. The van der Waals surface area contributed by atoms with Gasteiger partial charge in [0.05, 0.1) is 0 Å². The van der Waals surface area contributed by atoms with Gasteiger partial charge < -0.3 is 10.6 Å². The molecule has 1 amide bonds. The molecule has 8 heteroatoms. The molecule has 2 rings (SSSR count). The summed E-state index contributed by atoms with van der Waals surface area (Å²) in [5.74, 6) is -3.05. The standard InChI is InChI=1S/C19H16F4N2O2/c20-14-6-8-15(9-7-14)25-18(27)16(12-13-4-2-1-3-5-13)24-11-10-17(26)19(21,22)23/h1-11,16,24H,12H2,(H,25,27). The SMILES string of the molecule is O=C(Nc1ccc(F)cc1)C(Cc1ccccc1)NC=CC(=O)C(F)(F)F. The Morgan fingerprint density at radius 1 is 1.00 bits per heavy atom. The van der Waals surface area contributed by atoms with E-state index in [4.69, 9.17) is 0 Å². The summed E-state index contributed by atoms with van der Waals surface area (Å²) in [4.78, 5) is 23.4. The van der Waals surface area contributed by atoms with E-state index in [9.17, 15) is 27.2 Å². The van der Waals surface area contributed by atoms with Crippen LogP contribution in [-0.4, -0.2) is 23.9 Å². The molecular weight excluding hydrogens is 364 g/mol. The number of hydrogen-bond acceptors (Lipinski definition) is 3. The van der Waals surface area contributed by atoms with Crippen LogP contribution in [0.4, 0.5) is 23.2 Å². The van der Waals surface area contributed by atoms with Crippen LogP contribution in [-0.2, 0) is 16.0 Å². The second-order valence-corrected chi connectivity index (χ2v) is 5.60. The third-order valence-electron chi connectivity index (χ3n) is 3.52. The lowest BCUT2D eigenvalue weighted by molar-refractivity contribution is -0.165. The number of alkyl halides is 3. The van der Waals surface area contributed by atoms with E-state index in [-0.39, 0.29) is 6.42 Å². The zero-order chi connectivity index (χ0) is 19.9. The van der Waals surface area contributed by atoms with E-state index >= 15 is 0 Å². The van der Waals surface area contributed by atoms with Crippen molar-refractivity contribution < 1.29 is 27.2 Å². The van der Waals surface area contributed by atoms with Crippen molar-refractivity contribution in [2.75, 3.05) is 5.32 Å². The van der Waals surface area contributed by atoms with Crippen LogP contribution >= 0.6 is 0 Å². The maximum atomic E-state index is 13.0. The molecule has 0 fully saturated rings.